The van der Waals surface area contributed by atoms with Crippen LogP contribution in [0.3, 0.4) is 0 Å². The molecular formula is C10H19NO3S. The van der Waals surface area contributed by atoms with Crippen molar-refractivity contribution in [2.75, 3.05) is 18.6 Å². The molecule has 4 nitrogen and oxygen atoms in total. The number of hydrogen-bond donors (Lipinski definition) is 1. The van der Waals surface area contributed by atoms with E-state index in [-0.39, 0.29) is 18.1 Å². The van der Waals surface area contributed by atoms with Crippen LogP contribution in [0, 0.1) is 5.92 Å². The van der Waals surface area contributed by atoms with Crippen LogP contribution < -0.4 is 5.32 Å². The summed E-state index contributed by atoms with van der Waals surface area (Å²) in [5.41, 5.74) is 0. The lowest BCUT2D eigenvalue weighted by Crippen LogP contribution is -2.29. The van der Waals surface area contributed by atoms with Gasteiger partial charge >= 0.3 is 0 Å². The van der Waals surface area contributed by atoms with Crippen molar-refractivity contribution in [3.8, 4) is 0 Å². The molecule has 5 heteroatoms. The van der Waals surface area contributed by atoms with Gasteiger partial charge in [-0.25, -0.2) is 8.42 Å². The molecule has 1 saturated carbocycles. The van der Waals surface area contributed by atoms with E-state index in [0.717, 1.165) is 6.26 Å². The lowest BCUT2D eigenvalue weighted by atomic mass is 10.1. The fourth-order valence-electron chi connectivity index (χ4n) is 1.84. The van der Waals surface area contributed by atoms with Crippen LogP contribution in [0.25, 0.3) is 0 Å². The van der Waals surface area contributed by atoms with Crippen LogP contribution in [0.5, 0.6) is 0 Å². The minimum Gasteiger partial charge on any atom is -0.356 e. The van der Waals surface area contributed by atoms with Crippen molar-refractivity contribution in [3.63, 3.8) is 0 Å². The van der Waals surface area contributed by atoms with Gasteiger partial charge < -0.3 is 5.32 Å². The van der Waals surface area contributed by atoms with Gasteiger partial charge in [0, 0.05) is 19.2 Å². The van der Waals surface area contributed by atoms with E-state index in [4.69, 9.17) is 0 Å². The van der Waals surface area contributed by atoms with Crippen molar-refractivity contribution in [1.29, 1.82) is 0 Å². The molecule has 88 valence electrons. The number of nitrogens with one attached hydrogen (secondary N) is 1. The molecule has 0 saturated heterocycles. The maximum atomic E-state index is 11.3. The zero-order valence-electron chi connectivity index (χ0n) is 9.16. The van der Waals surface area contributed by atoms with Crippen molar-refractivity contribution in [2.24, 2.45) is 5.92 Å². The summed E-state index contributed by atoms with van der Waals surface area (Å²) < 4.78 is 21.6. The summed E-state index contributed by atoms with van der Waals surface area (Å²) >= 11 is 0. The quantitative estimate of drug-likeness (QED) is 0.761. The van der Waals surface area contributed by atoms with Crippen molar-refractivity contribution < 1.29 is 13.2 Å². The van der Waals surface area contributed by atoms with Crippen LogP contribution >= 0.6 is 0 Å². The van der Waals surface area contributed by atoms with Crippen molar-refractivity contribution in [3.05, 3.63) is 0 Å². The summed E-state index contributed by atoms with van der Waals surface area (Å²) in [4.78, 5) is 11.3. The van der Waals surface area contributed by atoms with E-state index in [1.807, 2.05) is 0 Å². The highest BCUT2D eigenvalue weighted by molar-refractivity contribution is 7.90. The van der Waals surface area contributed by atoms with E-state index in [9.17, 15) is 13.2 Å². The first-order valence-electron chi connectivity index (χ1n) is 5.42. The molecule has 1 amide bonds. The average molecular weight is 233 g/mol. The molecule has 0 atom stereocenters. The molecule has 0 aromatic heterocycles. The summed E-state index contributed by atoms with van der Waals surface area (Å²) in [6.07, 6.45) is 6.12. The minimum absolute atomic E-state index is 0.0521. The van der Waals surface area contributed by atoms with Gasteiger partial charge in [0.15, 0.2) is 0 Å². The summed E-state index contributed by atoms with van der Waals surface area (Å²) in [5.74, 6) is 0.406. The lowest BCUT2D eigenvalue weighted by molar-refractivity contribution is -0.120. The fourth-order valence-corrected chi connectivity index (χ4v) is 2.40. The Labute approximate surface area is 91.4 Å². The van der Waals surface area contributed by atoms with Gasteiger partial charge in [-0.2, -0.15) is 0 Å². The number of hydrogen-bond acceptors (Lipinski definition) is 3. The van der Waals surface area contributed by atoms with E-state index >= 15 is 0 Å². The van der Waals surface area contributed by atoms with Crippen molar-refractivity contribution in [2.45, 2.75) is 32.1 Å². The second-order valence-corrected chi connectivity index (χ2v) is 6.59. The predicted octanol–water partition coefficient (Wildman–Crippen LogP) is 0.727. The van der Waals surface area contributed by atoms with Gasteiger partial charge in [0.05, 0.1) is 5.75 Å². The molecule has 0 spiro atoms. The average Bonchev–Trinajstić information content (AvgIpc) is 2.62. The molecule has 1 aliphatic rings. The van der Waals surface area contributed by atoms with Gasteiger partial charge in [-0.05, 0) is 18.8 Å². The Balaban J connectivity index is 2.13. The second kappa shape index (κ2) is 5.49. The predicted molar refractivity (Wildman–Crippen MR) is 59.3 cm³/mol. The summed E-state index contributed by atoms with van der Waals surface area (Å²) in [6, 6.07) is 0. The van der Waals surface area contributed by atoms with E-state index in [1.54, 1.807) is 0 Å². The topological polar surface area (TPSA) is 63.2 Å². The fraction of sp³-hybridized carbons (Fsp3) is 0.900. The minimum atomic E-state index is -3.02. The first-order valence-corrected chi connectivity index (χ1v) is 7.48. The standard InChI is InChI=1S/C10H19NO3S/c1-15(13,14)7-6-10(12)11-8-9-4-2-3-5-9/h9H,2-8H2,1H3,(H,11,12). The third-order valence-corrected chi connectivity index (χ3v) is 3.71. The van der Waals surface area contributed by atoms with Gasteiger partial charge in [-0.1, -0.05) is 12.8 Å². The summed E-state index contributed by atoms with van der Waals surface area (Å²) in [6.45, 7) is 0.711. The second-order valence-electron chi connectivity index (χ2n) is 4.33. The molecule has 0 aliphatic heterocycles. The molecule has 1 rings (SSSR count). The van der Waals surface area contributed by atoms with Crippen LogP contribution in [0.15, 0.2) is 0 Å². The smallest absolute Gasteiger partial charge is 0.221 e. The molecule has 0 aromatic rings. The largest absolute Gasteiger partial charge is 0.356 e. The maximum Gasteiger partial charge on any atom is 0.221 e. The van der Waals surface area contributed by atoms with E-state index in [2.05, 4.69) is 5.32 Å². The Bertz CT molecular complexity index is 305. The Morgan fingerprint density at radius 1 is 1.33 bits per heavy atom. The van der Waals surface area contributed by atoms with Crippen molar-refractivity contribution in [1.82, 2.24) is 5.32 Å². The Kier molecular flexibility index (Phi) is 4.57. The lowest BCUT2D eigenvalue weighted by Gasteiger charge is -2.09. The SMILES string of the molecule is CS(=O)(=O)CCC(=O)NCC1CCCC1. The molecular weight excluding hydrogens is 214 g/mol. The third kappa shape index (κ3) is 5.77. The molecule has 1 aliphatic carbocycles. The highest BCUT2D eigenvalue weighted by atomic mass is 32.2. The Morgan fingerprint density at radius 2 is 1.93 bits per heavy atom. The zero-order valence-corrected chi connectivity index (χ0v) is 9.98. The number of amides is 1. The normalized spacial score (nSPS) is 17.9. The van der Waals surface area contributed by atoms with E-state index in [0.29, 0.717) is 12.5 Å². The monoisotopic (exact) mass is 233 g/mol. The van der Waals surface area contributed by atoms with Crippen molar-refractivity contribution >= 4 is 15.7 Å². The van der Waals surface area contributed by atoms with Gasteiger partial charge in [0.1, 0.15) is 9.84 Å². The first kappa shape index (κ1) is 12.5. The molecule has 0 radical (unpaired) electrons. The number of carbonyl (C=O) groups is 1. The molecule has 1 fully saturated rings. The van der Waals surface area contributed by atoms with Gasteiger partial charge in [0.2, 0.25) is 5.91 Å². The number of rotatable bonds is 5. The molecule has 0 heterocycles. The van der Waals surface area contributed by atoms with Crippen LogP contribution in [0.2, 0.25) is 0 Å². The van der Waals surface area contributed by atoms with Gasteiger partial charge in [-0.3, -0.25) is 4.79 Å². The van der Waals surface area contributed by atoms with Gasteiger partial charge in [-0.15, -0.1) is 0 Å². The highest BCUT2D eigenvalue weighted by Gasteiger charge is 2.16. The van der Waals surface area contributed by atoms with E-state index < -0.39 is 9.84 Å². The zero-order chi connectivity index (χ0) is 11.3. The number of carbonyl (C=O) groups excluding carboxylic acids is 1. The molecule has 0 bridgehead atoms. The first-order chi connectivity index (χ1) is 6.97. The van der Waals surface area contributed by atoms with Crippen LogP contribution in [-0.4, -0.2) is 32.9 Å². The number of sulfone groups is 1. The maximum absolute atomic E-state index is 11.3. The Morgan fingerprint density at radius 3 is 2.47 bits per heavy atom. The highest BCUT2D eigenvalue weighted by Crippen LogP contribution is 2.23. The molecule has 0 aromatic carbocycles. The molecule has 1 N–H and O–H groups in total. The third-order valence-electron chi connectivity index (χ3n) is 2.76. The molecule has 15 heavy (non-hydrogen) atoms. The Hall–Kier alpha value is -0.580. The van der Waals surface area contributed by atoms with Crippen LogP contribution in [0.1, 0.15) is 32.1 Å². The van der Waals surface area contributed by atoms with Crippen LogP contribution in [0.4, 0.5) is 0 Å². The van der Waals surface area contributed by atoms with Crippen LogP contribution in [-0.2, 0) is 14.6 Å². The molecule has 0 unspecified atom stereocenters. The summed E-state index contributed by atoms with van der Waals surface area (Å²) in [7, 11) is -3.02. The summed E-state index contributed by atoms with van der Waals surface area (Å²) in [5, 5.41) is 2.79. The van der Waals surface area contributed by atoms with Gasteiger partial charge in [0.25, 0.3) is 0 Å². The van der Waals surface area contributed by atoms with E-state index in [1.165, 1.54) is 25.7 Å².